The maximum absolute atomic E-state index is 11.3. The molecule has 0 aliphatic rings. The lowest BCUT2D eigenvalue weighted by Crippen LogP contribution is -2.46. The topological polar surface area (TPSA) is 67.4 Å². The summed E-state index contributed by atoms with van der Waals surface area (Å²) in [4.78, 5) is 22.3. The highest BCUT2D eigenvalue weighted by Gasteiger charge is 2.16. The molecule has 0 saturated heterocycles. The molecule has 0 radical (unpaired) electrons. The Hall–Kier alpha value is -1.10. The van der Waals surface area contributed by atoms with Gasteiger partial charge in [0.25, 0.3) is 0 Å². The van der Waals surface area contributed by atoms with Crippen molar-refractivity contribution in [1.82, 2.24) is 10.6 Å². The number of hydrogen-bond acceptors (Lipinski definition) is 4. The number of methoxy groups -OCH3 is 1. The van der Waals surface area contributed by atoms with Gasteiger partial charge in [-0.3, -0.25) is 9.59 Å². The van der Waals surface area contributed by atoms with E-state index < -0.39 is 0 Å². The fraction of sp³-hybridized carbons (Fsp3) is 0.800. The Morgan fingerprint density at radius 3 is 2.40 bits per heavy atom. The third-order valence-corrected chi connectivity index (χ3v) is 1.98. The average Bonchev–Trinajstić information content (AvgIpc) is 2.17. The first-order chi connectivity index (χ1) is 7.01. The van der Waals surface area contributed by atoms with Crippen LogP contribution < -0.4 is 10.6 Å². The van der Waals surface area contributed by atoms with Crippen LogP contribution in [0.5, 0.6) is 0 Å². The van der Waals surface area contributed by atoms with Crippen molar-refractivity contribution in [3.8, 4) is 0 Å². The van der Waals surface area contributed by atoms with Gasteiger partial charge < -0.3 is 15.4 Å². The standard InChI is InChI=1S/C10H20N2O3/c1-5-11-10(14)8(3)12-7(2)6-9(13)15-4/h7-8,12H,5-6H2,1-4H3,(H,11,14). The average molecular weight is 216 g/mol. The fourth-order valence-electron chi connectivity index (χ4n) is 1.22. The van der Waals surface area contributed by atoms with Crippen molar-refractivity contribution < 1.29 is 14.3 Å². The van der Waals surface area contributed by atoms with Gasteiger partial charge in [0.2, 0.25) is 5.91 Å². The van der Waals surface area contributed by atoms with Crippen LogP contribution in [0.4, 0.5) is 0 Å². The molecule has 0 aliphatic carbocycles. The summed E-state index contributed by atoms with van der Waals surface area (Å²) in [6.07, 6.45) is 0.264. The van der Waals surface area contributed by atoms with Crippen molar-refractivity contribution in [1.29, 1.82) is 0 Å². The second-order valence-corrected chi connectivity index (χ2v) is 3.46. The molecule has 0 spiro atoms. The van der Waals surface area contributed by atoms with Crippen LogP contribution in [0.15, 0.2) is 0 Å². The molecular formula is C10H20N2O3. The molecule has 0 rings (SSSR count). The molecule has 2 atom stereocenters. The van der Waals surface area contributed by atoms with Crippen molar-refractivity contribution in [3.05, 3.63) is 0 Å². The van der Waals surface area contributed by atoms with Crippen LogP contribution in [-0.4, -0.2) is 37.6 Å². The Labute approximate surface area is 90.6 Å². The quantitative estimate of drug-likeness (QED) is 0.616. The largest absolute Gasteiger partial charge is 0.469 e. The molecule has 0 heterocycles. The molecule has 0 bridgehead atoms. The van der Waals surface area contributed by atoms with E-state index in [9.17, 15) is 9.59 Å². The molecular weight excluding hydrogens is 196 g/mol. The van der Waals surface area contributed by atoms with Crippen molar-refractivity contribution >= 4 is 11.9 Å². The van der Waals surface area contributed by atoms with Gasteiger partial charge >= 0.3 is 5.97 Å². The molecule has 0 aliphatic heterocycles. The molecule has 1 amide bonds. The number of hydrogen-bond donors (Lipinski definition) is 2. The van der Waals surface area contributed by atoms with Crippen molar-refractivity contribution in [2.45, 2.75) is 39.3 Å². The van der Waals surface area contributed by atoms with E-state index in [-0.39, 0.29) is 30.4 Å². The molecule has 0 aromatic carbocycles. The molecule has 2 N–H and O–H groups in total. The zero-order valence-corrected chi connectivity index (χ0v) is 9.79. The van der Waals surface area contributed by atoms with E-state index in [1.165, 1.54) is 7.11 Å². The minimum absolute atomic E-state index is 0.0609. The van der Waals surface area contributed by atoms with Crippen LogP contribution in [0.3, 0.4) is 0 Å². The predicted molar refractivity (Wildman–Crippen MR) is 57.4 cm³/mol. The number of amides is 1. The summed E-state index contributed by atoms with van der Waals surface area (Å²) in [5.74, 6) is -0.340. The smallest absolute Gasteiger partial charge is 0.307 e. The molecule has 0 fully saturated rings. The number of carbonyl (C=O) groups excluding carboxylic acids is 2. The summed E-state index contributed by atoms with van der Waals surface area (Å²) >= 11 is 0. The van der Waals surface area contributed by atoms with Gasteiger partial charge in [-0.2, -0.15) is 0 Å². The summed E-state index contributed by atoms with van der Waals surface area (Å²) in [5.41, 5.74) is 0. The first kappa shape index (κ1) is 13.9. The minimum Gasteiger partial charge on any atom is -0.469 e. The molecule has 15 heavy (non-hydrogen) atoms. The minimum atomic E-state index is -0.301. The molecule has 88 valence electrons. The number of rotatable bonds is 6. The second-order valence-electron chi connectivity index (χ2n) is 3.46. The Morgan fingerprint density at radius 1 is 1.33 bits per heavy atom. The van der Waals surface area contributed by atoms with Crippen LogP contribution >= 0.6 is 0 Å². The highest BCUT2D eigenvalue weighted by atomic mass is 16.5. The van der Waals surface area contributed by atoms with Gasteiger partial charge in [-0.25, -0.2) is 0 Å². The first-order valence-corrected chi connectivity index (χ1v) is 5.11. The number of likely N-dealkylation sites (N-methyl/N-ethyl adjacent to an activating group) is 1. The van der Waals surface area contributed by atoms with Gasteiger partial charge in [0.15, 0.2) is 0 Å². The van der Waals surface area contributed by atoms with E-state index in [4.69, 9.17) is 0 Å². The van der Waals surface area contributed by atoms with Gasteiger partial charge in [-0.05, 0) is 20.8 Å². The molecule has 5 heteroatoms. The fourth-order valence-corrected chi connectivity index (χ4v) is 1.22. The van der Waals surface area contributed by atoms with Crippen molar-refractivity contribution in [2.24, 2.45) is 0 Å². The number of carbonyl (C=O) groups is 2. The third-order valence-electron chi connectivity index (χ3n) is 1.98. The van der Waals surface area contributed by atoms with Gasteiger partial charge in [0.05, 0.1) is 19.6 Å². The zero-order chi connectivity index (χ0) is 11.8. The molecule has 0 aromatic rings. The van der Waals surface area contributed by atoms with Crippen molar-refractivity contribution in [2.75, 3.05) is 13.7 Å². The highest BCUT2D eigenvalue weighted by Crippen LogP contribution is 1.95. The van der Waals surface area contributed by atoms with E-state index >= 15 is 0 Å². The maximum atomic E-state index is 11.3. The van der Waals surface area contributed by atoms with Gasteiger partial charge in [0, 0.05) is 12.6 Å². The van der Waals surface area contributed by atoms with E-state index in [2.05, 4.69) is 15.4 Å². The van der Waals surface area contributed by atoms with Crippen LogP contribution in [0.1, 0.15) is 27.2 Å². The molecule has 5 nitrogen and oxygen atoms in total. The third kappa shape index (κ3) is 6.06. The zero-order valence-electron chi connectivity index (χ0n) is 9.79. The maximum Gasteiger partial charge on any atom is 0.307 e. The lowest BCUT2D eigenvalue weighted by atomic mass is 10.2. The van der Waals surface area contributed by atoms with E-state index in [0.717, 1.165) is 0 Å². The van der Waals surface area contributed by atoms with Gasteiger partial charge in [-0.15, -0.1) is 0 Å². The Morgan fingerprint density at radius 2 is 1.93 bits per heavy atom. The van der Waals surface area contributed by atoms with Gasteiger partial charge in [-0.1, -0.05) is 0 Å². The number of nitrogens with one attached hydrogen (secondary N) is 2. The summed E-state index contributed by atoms with van der Waals surface area (Å²) in [7, 11) is 1.35. The Kier molecular flexibility index (Phi) is 6.70. The highest BCUT2D eigenvalue weighted by molar-refractivity contribution is 5.81. The van der Waals surface area contributed by atoms with Crippen LogP contribution in [0.25, 0.3) is 0 Å². The van der Waals surface area contributed by atoms with Crippen molar-refractivity contribution in [3.63, 3.8) is 0 Å². The number of ether oxygens (including phenoxy) is 1. The summed E-state index contributed by atoms with van der Waals surface area (Å²) in [6.45, 7) is 6.07. The first-order valence-electron chi connectivity index (χ1n) is 5.11. The van der Waals surface area contributed by atoms with E-state index in [1.54, 1.807) is 6.92 Å². The molecule has 0 saturated carbocycles. The molecule has 0 aromatic heterocycles. The van der Waals surface area contributed by atoms with E-state index in [0.29, 0.717) is 6.54 Å². The van der Waals surface area contributed by atoms with Crippen LogP contribution in [0.2, 0.25) is 0 Å². The normalized spacial score (nSPS) is 14.1. The Balaban J connectivity index is 3.89. The second kappa shape index (κ2) is 7.23. The van der Waals surface area contributed by atoms with E-state index in [1.807, 2.05) is 13.8 Å². The van der Waals surface area contributed by atoms with Crippen LogP contribution in [-0.2, 0) is 14.3 Å². The summed E-state index contributed by atoms with van der Waals surface area (Å²) in [5, 5.41) is 5.72. The van der Waals surface area contributed by atoms with Crippen LogP contribution in [0, 0.1) is 0 Å². The lowest BCUT2D eigenvalue weighted by molar-refractivity contribution is -0.141. The predicted octanol–water partition coefficient (Wildman–Crippen LogP) is 0.0522. The summed E-state index contributed by atoms with van der Waals surface area (Å²) in [6, 6.07) is -0.375. The van der Waals surface area contributed by atoms with Gasteiger partial charge in [0.1, 0.15) is 0 Å². The SMILES string of the molecule is CCNC(=O)C(C)NC(C)CC(=O)OC. The Bertz CT molecular complexity index is 219. The number of esters is 1. The monoisotopic (exact) mass is 216 g/mol. The lowest BCUT2D eigenvalue weighted by Gasteiger charge is -2.18. The molecule has 2 unspecified atom stereocenters. The summed E-state index contributed by atoms with van der Waals surface area (Å²) < 4.78 is 4.53.